The van der Waals surface area contributed by atoms with E-state index >= 15 is 0 Å². The van der Waals surface area contributed by atoms with Crippen LogP contribution in [0.4, 0.5) is 14.5 Å². The van der Waals surface area contributed by atoms with Gasteiger partial charge < -0.3 is 5.73 Å². The van der Waals surface area contributed by atoms with Crippen LogP contribution in [-0.4, -0.2) is 9.78 Å². The second kappa shape index (κ2) is 2.65. The van der Waals surface area contributed by atoms with Gasteiger partial charge in [-0.05, 0) is 0 Å². The molecule has 3 nitrogen and oxygen atoms in total. The predicted molar refractivity (Wildman–Crippen MR) is 37.6 cm³/mol. The first-order valence-corrected chi connectivity index (χ1v) is 3.18. The maximum absolute atomic E-state index is 12.0. The summed E-state index contributed by atoms with van der Waals surface area (Å²) in [5.74, 6) is 0. The molecule has 62 valence electrons. The molecule has 0 aliphatic rings. The topological polar surface area (TPSA) is 43.8 Å². The number of halogens is 3. The molecular weight excluding hydrogens is 176 g/mol. The molecule has 6 heteroatoms. The summed E-state index contributed by atoms with van der Waals surface area (Å²) in [6, 6.07) is 0. The van der Waals surface area contributed by atoms with E-state index in [0.29, 0.717) is 0 Å². The summed E-state index contributed by atoms with van der Waals surface area (Å²) in [5, 5.41) is 3.46. The number of hydrogen-bond acceptors (Lipinski definition) is 2. The fraction of sp³-hybridized carbons (Fsp3) is 0.400. The van der Waals surface area contributed by atoms with E-state index in [4.69, 9.17) is 17.3 Å². The van der Waals surface area contributed by atoms with Crippen LogP contribution in [-0.2, 0) is 7.05 Å². The van der Waals surface area contributed by atoms with Crippen LogP contribution in [0.15, 0.2) is 0 Å². The molecule has 0 unspecified atom stereocenters. The van der Waals surface area contributed by atoms with Gasteiger partial charge in [-0.3, -0.25) is 4.68 Å². The third-order valence-corrected chi connectivity index (χ3v) is 1.69. The Hall–Kier alpha value is -0.840. The van der Waals surface area contributed by atoms with Crippen LogP contribution in [0.2, 0.25) is 5.15 Å². The van der Waals surface area contributed by atoms with Crippen molar-refractivity contribution in [3.05, 3.63) is 10.8 Å². The van der Waals surface area contributed by atoms with Crippen molar-refractivity contribution in [1.29, 1.82) is 0 Å². The van der Waals surface area contributed by atoms with Crippen LogP contribution in [0, 0.1) is 0 Å². The zero-order valence-electron chi connectivity index (χ0n) is 5.68. The minimum Gasteiger partial charge on any atom is -0.395 e. The molecule has 0 amide bonds. The van der Waals surface area contributed by atoms with Crippen LogP contribution in [0.3, 0.4) is 0 Å². The fourth-order valence-corrected chi connectivity index (χ4v) is 0.835. The summed E-state index contributed by atoms with van der Waals surface area (Å²) >= 11 is 5.48. The Balaban J connectivity index is 3.19. The van der Waals surface area contributed by atoms with E-state index in [1.807, 2.05) is 0 Å². The number of hydrogen-bond donors (Lipinski definition) is 1. The van der Waals surface area contributed by atoms with Gasteiger partial charge >= 0.3 is 0 Å². The van der Waals surface area contributed by atoms with Gasteiger partial charge in [-0.15, -0.1) is 0 Å². The average Bonchev–Trinajstić information content (AvgIpc) is 2.17. The van der Waals surface area contributed by atoms with Crippen LogP contribution < -0.4 is 5.73 Å². The lowest BCUT2D eigenvalue weighted by molar-refractivity contribution is 0.146. The minimum absolute atomic E-state index is 0.0419. The standard InChI is InChI=1S/C5H6ClF2N3/c1-11-4(6)2(9)3(10-11)5(7)8/h5H,9H2,1H3. The lowest BCUT2D eigenvalue weighted by Crippen LogP contribution is -1.92. The molecule has 11 heavy (non-hydrogen) atoms. The monoisotopic (exact) mass is 181 g/mol. The highest BCUT2D eigenvalue weighted by molar-refractivity contribution is 6.32. The van der Waals surface area contributed by atoms with Crippen molar-refractivity contribution in [2.24, 2.45) is 7.05 Å². The molecule has 0 bridgehead atoms. The SMILES string of the molecule is Cn1nc(C(F)F)c(N)c1Cl. The van der Waals surface area contributed by atoms with Crippen LogP contribution >= 0.6 is 11.6 Å². The molecule has 2 N–H and O–H groups in total. The van der Waals surface area contributed by atoms with Crippen LogP contribution in [0.5, 0.6) is 0 Å². The predicted octanol–water partition coefficient (Wildman–Crippen LogP) is 1.59. The van der Waals surface area contributed by atoms with Gasteiger partial charge in [0.25, 0.3) is 6.43 Å². The highest BCUT2D eigenvalue weighted by Gasteiger charge is 2.19. The molecule has 0 spiro atoms. The van der Waals surface area contributed by atoms with Gasteiger partial charge in [0.2, 0.25) is 0 Å². The van der Waals surface area contributed by atoms with Crippen molar-refractivity contribution in [3.63, 3.8) is 0 Å². The molecule has 0 saturated heterocycles. The first-order valence-electron chi connectivity index (χ1n) is 2.80. The second-order valence-electron chi connectivity index (χ2n) is 2.01. The van der Waals surface area contributed by atoms with Crippen LogP contribution in [0.1, 0.15) is 12.1 Å². The summed E-state index contributed by atoms with van der Waals surface area (Å²) in [6.07, 6.45) is -2.67. The van der Waals surface area contributed by atoms with Gasteiger partial charge in [-0.1, -0.05) is 11.6 Å². The molecular formula is C5H6ClF2N3. The van der Waals surface area contributed by atoms with E-state index in [0.717, 1.165) is 4.68 Å². The summed E-state index contributed by atoms with van der Waals surface area (Å²) in [5.41, 5.74) is 4.60. The summed E-state index contributed by atoms with van der Waals surface area (Å²) in [4.78, 5) is 0. The van der Waals surface area contributed by atoms with Crippen molar-refractivity contribution >= 4 is 17.3 Å². The Labute approximate surface area is 66.7 Å². The maximum Gasteiger partial charge on any atom is 0.284 e. The molecule has 0 aromatic carbocycles. The van der Waals surface area contributed by atoms with Gasteiger partial charge in [-0.25, -0.2) is 8.78 Å². The number of aromatic nitrogens is 2. The van der Waals surface area contributed by atoms with E-state index in [-0.39, 0.29) is 10.8 Å². The largest absolute Gasteiger partial charge is 0.395 e. The zero-order valence-corrected chi connectivity index (χ0v) is 6.44. The third kappa shape index (κ3) is 1.28. The smallest absolute Gasteiger partial charge is 0.284 e. The van der Waals surface area contributed by atoms with Gasteiger partial charge in [0.15, 0.2) is 5.69 Å². The zero-order chi connectivity index (χ0) is 8.59. The van der Waals surface area contributed by atoms with Gasteiger partial charge in [0.05, 0.1) is 5.69 Å². The maximum atomic E-state index is 12.0. The fourth-order valence-electron chi connectivity index (χ4n) is 0.701. The number of rotatable bonds is 1. The van der Waals surface area contributed by atoms with Gasteiger partial charge in [0.1, 0.15) is 5.15 Å². The van der Waals surface area contributed by atoms with E-state index in [1.165, 1.54) is 7.05 Å². The first kappa shape index (κ1) is 8.26. The Morgan fingerprint density at radius 3 is 2.36 bits per heavy atom. The van der Waals surface area contributed by atoms with Gasteiger partial charge in [-0.2, -0.15) is 5.10 Å². The van der Waals surface area contributed by atoms with Crippen molar-refractivity contribution in [2.45, 2.75) is 6.43 Å². The number of nitrogen functional groups attached to an aromatic ring is 1. The number of anilines is 1. The molecule has 0 radical (unpaired) electrons. The van der Waals surface area contributed by atoms with Gasteiger partial charge in [0, 0.05) is 7.05 Å². The molecule has 1 aromatic rings. The van der Waals surface area contributed by atoms with E-state index in [1.54, 1.807) is 0 Å². The Morgan fingerprint density at radius 1 is 1.64 bits per heavy atom. The van der Waals surface area contributed by atoms with E-state index in [9.17, 15) is 8.78 Å². The highest BCUT2D eigenvalue weighted by Crippen LogP contribution is 2.28. The van der Waals surface area contributed by atoms with Crippen molar-refractivity contribution in [3.8, 4) is 0 Å². The molecule has 0 saturated carbocycles. The molecule has 0 aliphatic carbocycles. The third-order valence-electron chi connectivity index (χ3n) is 1.25. The number of nitrogens with two attached hydrogens (primary N) is 1. The number of aryl methyl sites for hydroxylation is 1. The van der Waals surface area contributed by atoms with E-state index < -0.39 is 12.1 Å². The molecule has 1 aromatic heterocycles. The van der Waals surface area contributed by atoms with Crippen molar-refractivity contribution in [1.82, 2.24) is 9.78 Å². The highest BCUT2D eigenvalue weighted by atomic mass is 35.5. The summed E-state index contributed by atoms with van der Waals surface area (Å²) < 4.78 is 25.1. The van der Waals surface area contributed by atoms with E-state index in [2.05, 4.69) is 5.10 Å². The number of alkyl halides is 2. The summed E-state index contributed by atoms with van der Waals surface area (Å²) in [6.45, 7) is 0. The quantitative estimate of drug-likeness (QED) is 0.715. The Bertz CT molecular complexity index is 271. The van der Waals surface area contributed by atoms with Crippen molar-refractivity contribution in [2.75, 3.05) is 5.73 Å². The Morgan fingerprint density at radius 2 is 2.18 bits per heavy atom. The minimum atomic E-state index is -2.67. The van der Waals surface area contributed by atoms with Crippen LogP contribution in [0.25, 0.3) is 0 Å². The molecule has 0 aliphatic heterocycles. The Kier molecular flexibility index (Phi) is 1.99. The molecule has 1 heterocycles. The lowest BCUT2D eigenvalue weighted by atomic mass is 10.4. The normalized spacial score (nSPS) is 11.0. The summed E-state index contributed by atoms with van der Waals surface area (Å²) in [7, 11) is 1.45. The molecule has 0 fully saturated rings. The number of nitrogens with zero attached hydrogens (tertiary/aromatic N) is 2. The molecule has 1 rings (SSSR count). The molecule has 0 atom stereocenters. The second-order valence-corrected chi connectivity index (χ2v) is 2.37. The average molecular weight is 182 g/mol. The van der Waals surface area contributed by atoms with Crippen molar-refractivity contribution < 1.29 is 8.78 Å². The lowest BCUT2D eigenvalue weighted by Gasteiger charge is -1.92. The first-order chi connectivity index (χ1) is 5.04.